The van der Waals surface area contributed by atoms with Crippen LogP contribution in [-0.4, -0.2) is 30.3 Å². The lowest BCUT2D eigenvalue weighted by atomic mass is 10.1. The Morgan fingerprint density at radius 3 is 2.35 bits per heavy atom. The van der Waals surface area contributed by atoms with Gasteiger partial charge in [0.2, 0.25) is 11.7 Å². The minimum absolute atomic E-state index is 0.0402. The SMILES string of the molecule is Cc1ccc(C(=O)[C@@H](C)OC(=O)[C@@H]2CC(=O)N(c3ccc(Oc4cccc5ccccc45)cc3)C2)cc1. The number of ketones is 1. The molecule has 0 radical (unpaired) electrons. The number of hydrogen-bond donors (Lipinski definition) is 0. The Morgan fingerprint density at radius 1 is 0.892 bits per heavy atom. The molecule has 1 fully saturated rings. The van der Waals surface area contributed by atoms with Crippen molar-refractivity contribution in [3.05, 3.63) is 102 Å². The number of amides is 1. The zero-order chi connectivity index (χ0) is 25.9. The van der Waals surface area contributed by atoms with Crippen LogP contribution in [0.3, 0.4) is 0 Å². The Kier molecular flexibility index (Phi) is 6.73. The summed E-state index contributed by atoms with van der Waals surface area (Å²) in [5, 5.41) is 2.10. The fraction of sp³-hybridized carbons (Fsp3) is 0.194. The normalized spacial score (nSPS) is 16.0. The number of hydrogen-bond acceptors (Lipinski definition) is 5. The highest BCUT2D eigenvalue weighted by Gasteiger charge is 2.37. The van der Waals surface area contributed by atoms with Gasteiger partial charge in [-0.3, -0.25) is 14.4 Å². The van der Waals surface area contributed by atoms with Crippen LogP contribution in [-0.2, 0) is 14.3 Å². The van der Waals surface area contributed by atoms with Crippen molar-refractivity contribution < 1.29 is 23.9 Å². The summed E-state index contributed by atoms with van der Waals surface area (Å²) in [5.41, 5.74) is 2.20. The highest BCUT2D eigenvalue weighted by Crippen LogP contribution is 2.32. The largest absolute Gasteiger partial charge is 0.457 e. The molecule has 0 unspecified atom stereocenters. The third-order valence-corrected chi connectivity index (χ3v) is 6.58. The van der Waals surface area contributed by atoms with Crippen molar-refractivity contribution in [1.82, 2.24) is 0 Å². The Balaban J connectivity index is 1.22. The second-order valence-corrected chi connectivity index (χ2v) is 9.29. The number of aryl methyl sites for hydroxylation is 1. The molecule has 1 saturated heterocycles. The highest BCUT2D eigenvalue weighted by molar-refractivity contribution is 6.02. The monoisotopic (exact) mass is 493 g/mol. The number of benzene rings is 4. The average molecular weight is 494 g/mol. The molecule has 1 heterocycles. The van der Waals surface area contributed by atoms with E-state index in [1.807, 2.05) is 61.5 Å². The summed E-state index contributed by atoms with van der Waals surface area (Å²) in [7, 11) is 0. The molecule has 0 aliphatic carbocycles. The summed E-state index contributed by atoms with van der Waals surface area (Å²) in [4.78, 5) is 39.7. The number of esters is 1. The first kappa shape index (κ1) is 24.3. The summed E-state index contributed by atoms with van der Waals surface area (Å²) in [6.07, 6.45) is -0.886. The maximum atomic E-state index is 12.8. The van der Waals surface area contributed by atoms with Crippen LogP contribution >= 0.6 is 0 Å². The van der Waals surface area contributed by atoms with Gasteiger partial charge in [0.25, 0.3) is 0 Å². The number of ether oxygens (including phenoxy) is 2. The second kappa shape index (κ2) is 10.3. The number of fused-ring (bicyclic) bond motifs is 1. The molecule has 0 saturated carbocycles. The van der Waals surface area contributed by atoms with Crippen LogP contribution in [0.2, 0.25) is 0 Å². The maximum Gasteiger partial charge on any atom is 0.312 e. The van der Waals surface area contributed by atoms with E-state index in [2.05, 4.69) is 0 Å². The lowest BCUT2D eigenvalue weighted by molar-refractivity contribution is -0.151. The van der Waals surface area contributed by atoms with Gasteiger partial charge in [0, 0.05) is 29.6 Å². The minimum Gasteiger partial charge on any atom is -0.457 e. The van der Waals surface area contributed by atoms with Gasteiger partial charge in [-0.1, -0.05) is 66.2 Å². The zero-order valence-corrected chi connectivity index (χ0v) is 20.7. The van der Waals surface area contributed by atoms with Gasteiger partial charge in [0.05, 0.1) is 5.92 Å². The molecular formula is C31H27NO5. The molecule has 0 aromatic heterocycles. The highest BCUT2D eigenvalue weighted by atomic mass is 16.5. The van der Waals surface area contributed by atoms with Crippen molar-refractivity contribution in [3.63, 3.8) is 0 Å². The van der Waals surface area contributed by atoms with Gasteiger partial charge in [0.1, 0.15) is 11.5 Å². The number of anilines is 1. The Hall–Kier alpha value is -4.45. The lowest BCUT2D eigenvalue weighted by Crippen LogP contribution is -2.30. The summed E-state index contributed by atoms with van der Waals surface area (Å²) in [6, 6.07) is 28.2. The van der Waals surface area contributed by atoms with Crippen molar-refractivity contribution in [2.75, 3.05) is 11.4 Å². The van der Waals surface area contributed by atoms with Crippen molar-refractivity contribution in [2.45, 2.75) is 26.4 Å². The van der Waals surface area contributed by atoms with E-state index < -0.39 is 18.0 Å². The van der Waals surface area contributed by atoms with E-state index in [9.17, 15) is 14.4 Å². The number of carbonyl (C=O) groups excluding carboxylic acids is 3. The summed E-state index contributed by atoms with van der Waals surface area (Å²) >= 11 is 0. The number of nitrogens with zero attached hydrogens (tertiary/aromatic N) is 1. The summed E-state index contributed by atoms with van der Waals surface area (Å²) in [5.74, 6) is -0.211. The van der Waals surface area contributed by atoms with Crippen molar-refractivity contribution in [1.29, 1.82) is 0 Å². The Bertz CT molecular complexity index is 1450. The fourth-order valence-electron chi connectivity index (χ4n) is 4.50. The van der Waals surface area contributed by atoms with Gasteiger partial charge < -0.3 is 14.4 Å². The molecule has 4 aromatic carbocycles. The van der Waals surface area contributed by atoms with Crippen LogP contribution in [0.15, 0.2) is 91.0 Å². The topological polar surface area (TPSA) is 72.9 Å². The first-order valence-corrected chi connectivity index (χ1v) is 12.3. The first-order valence-electron chi connectivity index (χ1n) is 12.3. The molecule has 1 aliphatic heterocycles. The molecule has 0 bridgehead atoms. The molecular weight excluding hydrogens is 466 g/mol. The third kappa shape index (κ3) is 5.23. The van der Waals surface area contributed by atoms with E-state index in [0.29, 0.717) is 17.0 Å². The summed E-state index contributed by atoms with van der Waals surface area (Å²) < 4.78 is 11.5. The van der Waals surface area contributed by atoms with Gasteiger partial charge in [-0.25, -0.2) is 0 Å². The van der Waals surface area contributed by atoms with Crippen LogP contribution in [0, 0.1) is 12.8 Å². The molecule has 4 aromatic rings. The van der Waals surface area contributed by atoms with Gasteiger partial charge in [-0.05, 0) is 49.6 Å². The predicted molar refractivity (Wildman–Crippen MR) is 142 cm³/mol. The fourth-order valence-corrected chi connectivity index (χ4v) is 4.50. The summed E-state index contributed by atoms with van der Waals surface area (Å²) in [6.45, 7) is 3.70. The minimum atomic E-state index is -0.926. The third-order valence-electron chi connectivity index (χ3n) is 6.58. The Morgan fingerprint density at radius 2 is 1.59 bits per heavy atom. The lowest BCUT2D eigenvalue weighted by Gasteiger charge is -2.18. The Labute approximate surface area is 215 Å². The van der Waals surface area contributed by atoms with Crippen LogP contribution in [0.25, 0.3) is 10.8 Å². The second-order valence-electron chi connectivity index (χ2n) is 9.29. The number of Topliss-reactive ketones (excluding diaryl/α,β-unsaturated/α-hetero) is 1. The van der Waals surface area contributed by atoms with Gasteiger partial charge in [-0.2, -0.15) is 0 Å². The maximum absolute atomic E-state index is 12.8. The first-order chi connectivity index (χ1) is 17.9. The van der Waals surface area contributed by atoms with E-state index in [0.717, 1.165) is 22.1 Å². The quantitative estimate of drug-likeness (QED) is 0.229. The van der Waals surface area contributed by atoms with Crippen LogP contribution in [0.1, 0.15) is 29.3 Å². The molecule has 1 amide bonds. The molecule has 6 heteroatoms. The van der Waals surface area contributed by atoms with Crippen LogP contribution < -0.4 is 9.64 Å². The number of carbonyl (C=O) groups is 3. The number of rotatable bonds is 7. The molecule has 6 nitrogen and oxygen atoms in total. The van der Waals surface area contributed by atoms with Crippen molar-refractivity contribution in [2.24, 2.45) is 5.92 Å². The van der Waals surface area contributed by atoms with Crippen molar-refractivity contribution in [3.8, 4) is 11.5 Å². The molecule has 5 rings (SSSR count). The van der Waals surface area contributed by atoms with E-state index in [4.69, 9.17) is 9.47 Å². The van der Waals surface area contributed by atoms with Gasteiger partial charge in [-0.15, -0.1) is 0 Å². The van der Waals surface area contributed by atoms with Crippen molar-refractivity contribution >= 4 is 34.1 Å². The average Bonchev–Trinajstić information content (AvgIpc) is 3.31. The standard InChI is InChI=1S/C31H27NO5/c1-20-10-12-23(13-11-20)30(34)21(2)36-31(35)24-18-29(33)32(19-24)25-14-16-26(17-15-25)37-28-9-5-7-22-6-3-4-8-27(22)28/h3-17,21,24H,18-19H2,1-2H3/t21-,24-/m1/s1. The van der Waals surface area contributed by atoms with E-state index in [1.54, 1.807) is 48.2 Å². The van der Waals surface area contributed by atoms with Crippen LogP contribution in [0.5, 0.6) is 11.5 Å². The molecule has 186 valence electrons. The molecule has 37 heavy (non-hydrogen) atoms. The predicted octanol–water partition coefficient (Wildman–Crippen LogP) is 6.11. The molecule has 1 aliphatic rings. The van der Waals surface area contributed by atoms with E-state index in [-0.39, 0.29) is 24.7 Å². The van der Waals surface area contributed by atoms with E-state index in [1.165, 1.54) is 0 Å². The zero-order valence-electron chi connectivity index (χ0n) is 20.7. The van der Waals surface area contributed by atoms with Crippen LogP contribution in [0.4, 0.5) is 5.69 Å². The molecule has 0 N–H and O–H groups in total. The van der Waals surface area contributed by atoms with Gasteiger partial charge >= 0.3 is 5.97 Å². The molecule has 0 spiro atoms. The van der Waals surface area contributed by atoms with Gasteiger partial charge in [0.15, 0.2) is 6.10 Å². The van der Waals surface area contributed by atoms with E-state index >= 15 is 0 Å². The smallest absolute Gasteiger partial charge is 0.312 e. The molecule has 2 atom stereocenters.